The van der Waals surface area contributed by atoms with Gasteiger partial charge in [0.05, 0.1) is 5.41 Å². The number of hydrogen-bond donors (Lipinski definition) is 0. The molecule has 0 amide bonds. The van der Waals surface area contributed by atoms with Crippen molar-refractivity contribution in [1.29, 1.82) is 0 Å². The van der Waals surface area contributed by atoms with E-state index in [1.165, 1.54) is 33.4 Å². The van der Waals surface area contributed by atoms with Crippen molar-refractivity contribution in [2.45, 2.75) is 5.41 Å². The van der Waals surface area contributed by atoms with Crippen molar-refractivity contribution in [2.24, 2.45) is 0 Å². The Bertz CT molecular complexity index is 943. The Labute approximate surface area is 148 Å². The van der Waals surface area contributed by atoms with Gasteiger partial charge in [-0.05, 0) is 45.5 Å². The molecule has 25 heavy (non-hydrogen) atoms. The monoisotopic (exact) mass is 316 g/mol. The number of fused-ring (bicyclic) bond motifs is 3. The third kappa shape index (κ3) is 1.88. The van der Waals surface area contributed by atoms with E-state index >= 15 is 0 Å². The van der Waals surface area contributed by atoms with E-state index in [0.29, 0.717) is 0 Å². The molecule has 0 aromatic heterocycles. The van der Waals surface area contributed by atoms with Gasteiger partial charge in [-0.1, -0.05) is 97.1 Å². The second-order valence-electron chi connectivity index (χ2n) is 6.40. The molecular formula is C25H16. The summed E-state index contributed by atoms with van der Waals surface area (Å²) in [5.74, 6) is 0. The molecule has 0 unspecified atom stereocenters. The lowest BCUT2D eigenvalue weighted by Gasteiger charge is -2.33. The summed E-state index contributed by atoms with van der Waals surface area (Å²) in [7, 11) is 0. The predicted octanol–water partition coefficient (Wildman–Crippen LogP) is 5.65. The number of rotatable bonds is 2. The van der Waals surface area contributed by atoms with Crippen molar-refractivity contribution in [2.75, 3.05) is 0 Å². The van der Waals surface area contributed by atoms with Crippen LogP contribution in [-0.2, 0) is 5.41 Å². The minimum atomic E-state index is -0.365. The molecule has 116 valence electrons. The van der Waals surface area contributed by atoms with Crippen LogP contribution in [0.25, 0.3) is 11.1 Å². The lowest BCUT2D eigenvalue weighted by Crippen LogP contribution is -2.28. The van der Waals surface area contributed by atoms with E-state index in [1.54, 1.807) is 0 Å². The first-order chi connectivity index (χ1) is 12.4. The van der Waals surface area contributed by atoms with Gasteiger partial charge in [0.1, 0.15) is 0 Å². The molecule has 0 N–H and O–H groups in total. The Hall–Kier alpha value is -3.12. The predicted molar refractivity (Wildman–Crippen MR) is 101 cm³/mol. The zero-order valence-corrected chi connectivity index (χ0v) is 13.7. The first-order valence-electron chi connectivity index (χ1n) is 8.56. The van der Waals surface area contributed by atoms with Crippen molar-refractivity contribution in [1.82, 2.24) is 0 Å². The Balaban J connectivity index is 1.98. The molecule has 0 atom stereocenters. The summed E-state index contributed by atoms with van der Waals surface area (Å²) >= 11 is 0. The molecule has 0 heterocycles. The second-order valence-corrected chi connectivity index (χ2v) is 6.40. The van der Waals surface area contributed by atoms with E-state index < -0.39 is 0 Å². The standard InChI is InChI=1S/C25H16/c1-3-11-19(12-4-1)25(20-13-5-2-6-14-20)23-17-9-7-15-21(23)22-16-8-10-18-24(22)25/h1-16H. The van der Waals surface area contributed by atoms with Gasteiger partial charge in [-0.25, -0.2) is 0 Å². The fourth-order valence-corrected chi connectivity index (χ4v) is 4.19. The largest absolute Gasteiger partial charge is 0.0725 e. The van der Waals surface area contributed by atoms with Gasteiger partial charge < -0.3 is 0 Å². The molecule has 1 aliphatic carbocycles. The van der Waals surface area contributed by atoms with Gasteiger partial charge in [-0.2, -0.15) is 0 Å². The fraction of sp³-hybridized carbons (Fsp3) is 0.0400. The summed E-state index contributed by atoms with van der Waals surface area (Å²) < 4.78 is 0. The van der Waals surface area contributed by atoms with Crippen LogP contribution in [0.2, 0.25) is 0 Å². The van der Waals surface area contributed by atoms with Crippen LogP contribution in [0.3, 0.4) is 0 Å². The minimum Gasteiger partial charge on any atom is -0.0622 e. The third-order valence-corrected chi connectivity index (χ3v) is 5.17. The average Bonchev–Trinajstić information content (AvgIpc) is 3.01. The van der Waals surface area contributed by atoms with Gasteiger partial charge in [0.2, 0.25) is 0 Å². The van der Waals surface area contributed by atoms with E-state index in [9.17, 15) is 0 Å². The van der Waals surface area contributed by atoms with E-state index in [1.807, 2.05) is 12.1 Å². The fourth-order valence-electron chi connectivity index (χ4n) is 4.19. The third-order valence-electron chi connectivity index (χ3n) is 5.17. The van der Waals surface area contributed by atoms with Crippen LogP contribution in [-0.4, -0.2) is 0 Å². The zero-order chi connectivity index (χ0) is 16.7. The summed E-state index contributed by atoms with van der Waals surface area (Å²) in [6.07, 6.45) is 0. The van der Waals surface area contributed by atoms with Crippen LogP contribution in [0, 0.1) is 12.1 Å². The highest BCUT2D eigenvalue weighted by Crippen LogP contribution is 2.55. The second kappa shape index (κ2) is 5.46. The molecule has 0 saturated carbocycles. The first kappa shape index (κ1) is 14.2. The maximum Gasteiger partial charge on any atom is 0.0725 e. The van der Waals surface area contributed by atoms with Crippen LogP contribution < -0.4 is 0 Å². The summed E-state index contributed by atoms with van der Waals surface area (Å²) in [5.41, 5.74) is 7.08. The molecule has 0 nitrogen and oxygen atoms in total. The van der Waals surface area contributed by atoms with Crippen molar-refractivity contribution < 1.29 is 0 Å². The highest BCUT2D eigenvalue weighted by atomic mass is 14.5. The molecule has 0 saturated heterocycles. The Kier molecular flexibility index (Phi) is 3.11. The van der Waals surface area contributed by atoms with E-state index in [2.05, 4.69) is 97.1 Å². The van der Waals surface area contributed by atoms with Crippen LogP contribution >= 0.6 is 0 Å². The lowest BCUT2D eigenvalue weighted by atomic mass is 9.68. The van der Waals surface area contributed by atoms with Crippen molar-refractivity contribution in [3.63, 3.8) is 0 Å². The van der Waals surface area contributed by atoms with Crippen LogP contribution in [0.4, 0.5) is 0 Å². The summed E-state index contributed by atoms with van der Waals surface area (Å²) in [6, 6.07) is 41.2. The van der Waals surface area contributed by atoms with Crippen molar-refractivity contribution >= 4 is 0 Å². The molecule has 4 aromatic rings. The Morgan fingerprint density at radius 1 is 0.480 bits per heavy atom. The highest BCUT2D eigenvalue weighted by Gasteiger charge is 2.45. The van der Waals surface area contributed by atoms with E-state index in [4.69, 9.17) is 0 Å². The molecule has 0 bridgehead atoms. The number of hydrogen-bond acceptors (Lipinski definition) is 0. The highest BCUT2D eigenvalue weighted by molar-refractivity contribution is 5.85. The Morgan fingerprint density at radius 2 is 0.920 bits per heavy atom. The lowest BCUT2D eigenvalue weighted by molar-refractivity contribution is 0.766. The van der Waals surface area contributed by atoms with Gasteiger partial charge >= 0.3 is 0 Å². The molecule has 5 rings (SSSR count). The van der Waals surface area contributed by atoms with Gasteiger partial charge in [0.15, 0.2) is 0 Å². The van der Waals surface area contributed by atoms with E-state index in [0.717, 1.165) is 0 Å². The average molecular weight is 316 g/mol. The van der Waals surface area contributed by atoms with Crippen molar-refractivity contribution in [3.8, 4) is 11.1 Å². The van der Waals surface area contributed by atoms with Gasteiger partial charge in [-0.3, -0.25) is 0 Å². The normalized spacial score (nSPS) is 13.9. The summed E-state index contributed by atoms with van der Waals surface area (Å²) in [6.45, 7) is 0. The SMILES string of the molecule is [c]1cccc2c1C(c1ccccc1)(c1ccccc1)c1[c]cccc1-2. The van der Waals surface area contributed by atoms with Crippen LogP contribution in [0.1, 0.15) is 22.3 Å². The van der Waals surface area contributed by atoms with Crippen molar-refractivity contribution in [3.05, 3.63) is 131 Å². The minimum absolute atomic E-state index is 0.365. The molecule has 1 aliphatic rings. The van der Waals surface area contributed by atoms with Crippen LogP contribution in [0.5, 0.6) is 0 Å². The molecule has 0 spiro atoms. The quantitative estimate of drug-likeness (QED) is 0.395. The van der Waals surface area contributed by atoms with Crippen LogP contribution in [0.15, 0.2) is 97.1 Å². The molecular weight excluding hydrogens is 300 g/mol. The maximum absolute atomic E-state index is 3.56. The van der Waals surface area contributed by atoms with Gasteiger partial charge in [0, 0.05) is 0 Å². The van der Waals surface area contributed by atoms with Gasteiger partial charge in [0.25, 0.3) is 0 Å². The van der Waals surface area contributed by atoms with E-state index in [-0.39, 0.29) is 5.41 Å². The first-order valence-corrected chi connectivity index (χ1v) is 8.56. The topological polar surface area (TPSA) is 0 Å². The molecule has 0 heteroatoms. The summed E-state index contributed by atoms with van der Waals surface area (Å²) in [4.78, 5) is 0. The molecule has 0 aliphatic heterocycles. The zero-order valence-electron chi connectivity index (χ0n) is 13.7. The maximum atomic E-state index is 3.56. The molecule has 0 fully saturated rings. The Morgan fingerprint density at radius 3 is 1.36 bits per heavy atom. The summed E-state index contributed by atoms with van der Waals surface area (Å²) in [5, 5.41) is 0. The molecule has 4 aromatic carbocycles. The number of benzene rings is 4. The van der Waals surface area contributed by atoms with Gasteiger partial charge in [-0.15, -0.1) is 0 Å². The molecule has 2 radical (unpaired) electrons. The smallest absolute Gasteiger partial charge is 0.0622 e.